The Bertz CT molecular complexity index is 213. The van der Waals surface area contributed by atoms with Crippen LogP contribution in [0.5, 0.6) is 0 Å². The first-order chi connectivity index (χ1) is 5.59. The van der Waals surface area contributed by atoms with Gasteiger partial charge in [0.25, 0.3) is 0 Å². The molecule has 68 valence electrons. The smallest absolute Gasteiger partial charge is 0.0636 e. The zero-order valence-electron chi connectivity index (χ0n) is 8.01. The van der Waals surface area contributed by atoms with Crippen LogP contribution in [0.3, 0.4) is 0 Å². The molecule has 2 saturated carbocycles. The predicted octanol–water partition coefficient (Wildman–Crippen LogP) is 2.36. The van der Waals surface area contributed by atoms with Crippen molar-refractivity contribution in [2.45, 2.75) is 39.2 Å². The van der Waals surface area contributed by atoms with Crippen molar-refractivity contribution in [1.82, 2.24) is 0 Å². The Morgan fingerprint density at radius 3 is 2.33 bits per heavy atom. The van der Waals surface area contributed by atoms with Gasteiger partial charge in [0, 0.05) is 11.3 Å². The molecule has 2 atom stereocenters. The van der Waals surface area contributed by atoms with Crippen LogP contribution in [0.15, 0.2) is 12.2 Å². The van der Waals surface area contributed by atoms with Crippen molar-refractivity contribution < 1.29 is 5.11 Å². The van der Waals surface area contributed by atoms with Gasteiger partial charge in [-0.2, -0.15) is 0 Å². The molecule has 0 aromatic rings. The van der Waals surface area contributed by atoms with Gasteiger partial charge in [-0.3, -0.25) is 0 Å². The molecule has 0 aromatic carbocycles. The van der Waals surface area contributed by atoms with Crippen LogP contribution in [-0.4, -0.2) is 11.2 Å². The van der Waals surface area contributed by atoms with E-state index in [1.165, 1.54) is 24.8 Å². The van der Waals surface area contributed by atoms with Gasteiger partial charge in [0.15, 0.2) is 0 Å². The standard InChI is InChI=1S/C11H18O/c1-7(2)10(12)9-8(3)11(9)5-4-6-11/h7,9-10,12H,3-6H2,1-2H3. The molecule has 2 rings (SSSR count). The summed E-state index contributed by atoms with van der Waals surface area (Å²) in [5.74, 6) is 0.818. The normalized spacial score (nSPS) is 33.7. The van der Waals surface area contributed by atoms with Gasteiger partial charge in [0.1, 0.15) is 0 Å². The van der Waals surface area contributed by atoms with E-state index in [4.69, 9.17) is 0 Å². The predicted molar refractivity (Wildman–Crippen MR) is 49.8 cm³/mol. The fourth-order valence-corrected chi connectivity index (χ4v) is 2.63. The van der Waals surface area contributed by atoms with Gasteiger partial charge in [0.2, 0.25) is 0 Å². The Balaban J connectivity index is 2.04. The molecule has 0 saturated heterocycles. The summed E-state index contributed by atoms with van der Waals surface area (Å²) in [6, 6.07) is 0. The third-order valence-corrected chi connectivity index (χ3v) is 3.80. The molecule has 0 radical (unpaired) electrons. The highest BCUT2D eigenvalue weighted by Crippen LogP contribution is 2.70. The summed E-state index contributed by atoms with van der Waals surface area (Å²) >= 11 is 0. The minimum Gasteiger partial charge on any atom is -0.392 e. The topological polar surface area (TPSA) is 20.2 Å². The molecule has 0 amide bonds. The third-order valence-electron chi connectivity index (χ3n) is 3.80. The first-order valence-electron chi connectivity index (χ1n) is 4.97. The molecule has 1 heteroatoms. The second kappa shape index (κ2) is 2.35. The summed E-state index contributed by atoms with van der Waals surface area (Å²) in [4.78, 5) is 0. The summed E-state index contributed by atoms with van der Waals surface area (Å²) in [5.41, 5.74) is 1.74. The summed E-state index contributed by atoms with van der Waals surface area (Å²) < 4.78 is 0. The number of aliphatic hydroxyl groups is 1. The second-order valence-electron chi connectivity index (χ2n) is 4.75. The Morgan fingerprint density at radius 2 is 2.08 bits per heavy atom. The average molecular weight is 166 g/mol. The Morgan fingerprint density at radius 1 is 1.50 bits per heavy atom. The van der Waals surface area contributed by atoms with Crippen molar-refractivity contribution in [2.75, 3.05) is 0 Å². The molecule has 1 nitrogen and oxygen atoms in total. The van der Waals surface area contributed by atoms with Gasteiger partial charge in [0.05, 0.1) is 6.10 Å². The fourth-order valence-electron chi connectivity index (χ4n) is 2.63. The lowest BCUT2D eigenvalue weighted by Gasteiger charge is -2.28. The highest BCUT2D eigenvalue weighted by molar-refractivity contribution is 5.40. The van der Waals surface area contributed by atoms with Crippen molar-refractivity contribution in [3.63, 3.8) is 0 Å². The summed E-state index contributed by atoms with van der Waals surface area (Å²) in [5, 5.41) is 9.88. The minimum atomic E-state index is -0.141. The van der Waals surface area contributed by atoms with Crippen LogP contribution < -0.4 is 0 Å². The monoisotopic (exact) mass is 166 g/mol. The van der Waals surface area contributed by atoms with E-state index < -0.39 is 0 Å². The molecule has 0 bridgehead atoms. The first kappa shape index (κ1) is 8.31. The number of hydrogen-bond donors (Lipinski definition) is 1. The van der Waals surface area contributed by atoms with E-state index in [1.54, 1.807) is 0 Å². The quantitative estimate of drug-likeness (QED) is 0.624. The maximum Gasteiger partial charge on any atom is 0.0636 e. The summed E-state index contributed by atoms with van der Waals surface area (Å²) in [6.45, 7) is 8.24. The molecular weight excluding hydrogens is 148 g/mol. The molecule has 1 N–H and O–H groups in total. The highest BCUT2D eigenvalue weighted by Gasteiger charge is 2.64. The zero-order chi connectivity index (χ0) is 8.93. The lowest BCUT2D eigenvalue weighted by Crippen LogP contribution is -2.25. The average Bonchev–Trinajstić information content (AvgIpc) is 2.53. The van der Waals surface area contributed by atoms with Gasteiger partial charge >= 0.3 is 0 Å². The Hall–Kier alpha value is -0.300. The van der Waals surface area contributed by atoms with Crippen molar-refractivity contribution in [2.24, 2.45) is 17.3 Å². The molecule has 0 aromatic heterocycles. The van der Waals surface area contributed by atoms with Crippen molar-refractivity contribution >= 4 is 0 Å². The highest BCUT2D eigenvalue weighted by atomic mass is 16.3. The van der Waals surface area contributed by atoms with Gasteiger partial charge in [-0.1, -0.05) is 32.4 Å². The van der Waals surface area contributed by atoms with E-state index in [1.807, 2.05) is 0 Å². The van der Waals surface area contributed by atoms with Crippen LogP contribution in [0.2, 0.25) is 0 Å². The molecule has 1 spiro atoms. The van der Waals surface area contributed by atoms with E-state index in [0.29, 0.717) is 17.3 Å². The molecule has 0 heterocycles. The third kappa shape index (κ3) is 0.832. The molecule has 2 unspecified atom stereocenters. The van der Waals surface area contributed by atoms with E-state index in [9.17, 15) is 5.11 Å². The lowest BCUT2D eigenvalue weighted by atomic mass is 9.77. The molecule has 0 aliphatic heterocycles. The van der Waals surface area contributed by atoms with Crippen LogP contribution in [0.4, 0.5) is 0 Å². The zero-order valence-corrected chi connectivity index (χ0v) is 8.01. The van der Waals surface area contributed by atoms with Crippen LogP contribution in [0.25, 0.3) is 0 Å². The first-order valence-corrected chi connectivity index (χ1v) is 4.97. The minimum absolute atomic E-state index is 0.141. The molecule has 2 aliphatic carbocycles. The maximum atomic E-state index is 9.88. The Kier molecular flexibility index (Phi) is 1.63. The van der Waals surface area contributed by atoms with E-state index >= 15 is 0 Å². The van der Waals surface area contributed by atoms with Crippen LogP contribution in [0.1, 0.15) is 33.1 Å². The van der Waals surface area contributed by atoms with E-state index in [0.717, 1.165) is 0 Å². The largest absolute Gasteiger partial charge is 0.392 e. The van der Waals surface area contributed by atoms with Crippen molar-refractivity contribution in [1.29, 1.82) is 0 Å². The van der Waals surface area contributed by atoms with E-state index in [-0.39, 0.29) is 6.10 Å². The van der Waals surface area contributed by atoms with Crippen molar-refractivity contribution in [3.05, 3.63) is 12.2 Å². The molecular formula is C11H18O. The van der Waals surface area contributed by atoms with Gasteiger partial charge in [-0.25, -0.2) is 0 Å². The van der Waals surface area contributed by atoms with Crippen molar-refractivity contribution in [3.8, 4) is 0 Å². The molecule has 2 fully saturated rings. The van der Waals surface area contributed by atoms with Gasteiger partial charge < -0.3 is 5.11 Å². The van der Waals surface area contributed by atoms with Crippen LogP contribution >= 0.6 is 0 Å². The van der Waals surface area contributed by atoms with Gasteiger partial charge in [-0.05, 0) is 18.8 Å². The number of aliphatic hydroxyl groups excluding tert-OH is 1. The van der Waals surface area contributed by atoms with Crippen LogP contribution in [-0.2, 0) is 0 Å². The lowest BCUT2D eigenvalue weighted by molar-refractivity contribution is 0.0718. The number of rotatable bonds is 2. The SMILES string of the molecule is C=C1C(C(O)C(C)C)C12CCC2. The van der Waals surface area contributed by atoms with Gasteiger partial charge in [-0.15, -0.1) is 0 Å². The summed E-state index contributed by atoms with van der Waals surface area (Å²) in [6.07, 6.45) is 3.75. The second-order valence-corrected chi connectivity index (χ2v) is 4.75. The van der Waals surface area contributed by atoms with Crippen LogP contribution in [0, 0.1) is 17.3 Å². The molecule has 2 aliphatic rings. The number of hydrogen-bond acceptors (Lipinski definition) is 1. The summed E-state index contributed by atoms with van der Waals surface area (Å²) in [7, 11) is 0. The maximum absolute atomic E-state index is 9.88. The molecule has 12 heavy (non-hydrogen) atoms. The Labute approximate surface area is 74.5 Å². The fraction of sp³-hybridized carbons (Fsp3) is 0.818. The van der Waals surface area contributed by atoms with E-state index in [2.05, 4.69) is 20.4 Å².